The van der Waals surface area contributed by atoms with Gasteiger partial charge in [-0.15, -0.1) is 0 Å². The highest BCUT2D eigenvalue weighted by Crippen LogP contribution is 2.37. The molecule has 3 aromatic carbocycles. The van der Waals surface area contributed by atoms with Crippen LogP contribution in [0.4, 0.5) is 0 Å². The number of nitrogens with zero attached hydrogens (tertiary/aromatic N) is 1. The molecule has 0 saturated heterocycles. The zero-order valence-corrected chi connectivity index (χ0v) is 18.0. The lowest BCUT2D eigenvalue weighted by molar-refractivity contribution is 0.0939. The van der Waals surface area contributed by atoms with Gasteiger partial charge in [-0.25, -0.2) is 0 Å². The van der Waals surface area contributed by atoms with Crippen molar-refractivity contribution < 1.29 is 14.3 Å². The number of fused-ring (bicyclic) bond motifs is 1. The van der Waals surface area contributed by atoms with E-state index in [1.165, 1.54) is 0 Å². The van der Waals surface area contributed by atoms with Gasteiger partial charge in [0.2, 0.25) is 6.79 Å². The molecule has 5 nitrogen and oxygen atoms in total. The van der Waals surface area contributed by atoms with Gasteiger partial charge in [-0.3, -0.25) is 4.79 Å². The second-order valence-corrected chi connectivity index (χ2v) is 7.87. The summed E-state index contributed by atoms with van der Waals surface area (Å²) in [6.07, 6.45) is 0. The third-order valence-corrected chi connectivity index (χ3v) is 5.82. The van der Waals surface area contributed by atoms with Crippen LogP contribution in [-0.2, 0) is 0 Å². The lowest BCUT2D eigenvalue weighted by Gasteiger charge is -2.15. The van der Waals surface area contributed by atoms with Crippen molar-refractivity contribution in [2.24, 2.45) is 0 Å². The van der Waals surface area contributed by atoms with Crippen LogP contribution in [-0.4, -0.2) is 17.3 Å². The van der Waals surface area contributed by atoms with E-state index in [1.807, 2.05) is 98.8 Å². The van der Waals surface area contributed by atoms with E-state index in [0.29, 0.717) is 11.3 Å². The number of hydrogen-bond acceptors (Lipinski definition) is 3. The third kappa shape index (κ3) is 3.62. The molecule has 0 bridgehead atoms. The fourth-order valence-corrected chi connectivity index (χ4v) is 4.11. The number of rotatable bonds is 5. The maximum absolute atomic E-state index is 13.3. The van der Waals surface area contributed by atoms with Gasteiger partial charge in [-0.2, -0.15) is 0 Å². The molecule has 4 aromatic rings. The van der Waals surface area contributed by atoms with Crippen molar-refractivity contribution >= 4 is 5.91 Å². The average molecular weight is 425 g/mol. The number of benzene rings is 3. The first-order valence-corrected chi connectivity index (χ1v) is 10.7. The molecule has 0 spiro atoms. The van der Waals surface area contributed by atoms with Gasteiger partial charge in [0.15, 0.2) is 11.5 Å². The number of nitrogens with one attached hydrogen (secondary N) is 1. The molecule has 0 saturated carbocycles. The minimum Gasteiger partial charge on any atom is -0.454 e. The molecular weight excluding hydrogens is 400 g/mol. The maximum atomic E-state index is 13.3. The average Bonchev–Trinajstić information content (AvgIpc) is 3.44. The summed E-state index contributed by atoms with van der Waals surface area (Å²) >= 11 is 0. The van der Waals surface area contributed by atoms with Gasteiger partial charge >= 0.3 is 0 Å². The minimum absolute atomic E-state index is 0.0998. The zero-order chi connectivity index (χ0) is 22.1. The number of carbonyl (C=O) groups is 1. The van der Waals surface area contributed by atoms with E-state index in [2.05, 4.69) is 9.88 Å². The number of ether oxygens (including phenoxy) is 2. The summed E-state index contributed by atoms with van der Waals surface area (Å²) in [5.41, 5.74) is 5.46. The topological polar surface area (TPSA) is 52.5 Å². The molecule has 160 valence electrons. The number of aromatic nitrogens is 1. The van der Waals surface area contributed by atoms with Gasteiger partial charge in [-0.1, -0.05) is 60.7 Å². The normalized spacial score (nSPS) is 13.1. The van der Waals surface area contributed by atoms with Crippen molar-refractivity contribution in [2.45, 2.75) is 19.9 Å². The molecule has 1 N–H and O–H groups in total. The Hall–Kier alpha value is -3.99. The smallest absolute Gasteiger partial charge is 0.253 e. The summed E-state index contributed by atoms with van der Waals surface area (Å²) in [5, 5.41) is 3.14. The van der Waals surface area contributed by atoms with Crippen LogP contribution in [0.3, 0.4) is 0 Å². The second kappa shape index (κ2) is 8.27. The molecule has 0 unspecified atom stereocenters. The molecule has 1 aromatic heterocycles. The van der Waals surface area contributed by atoms with Crippen molar-refractivity contribution in [1.82, 2.24) is 9.88 Å². The van der Waals surface area contributed by atoms with Crippen molar-refractivity contribution in [2.75, 3.05) is 6.79 Å². The Morgan fingerprint density at radius 3 is 2.34 bits per heavy atom. The standard InChI is InChI=1S/C27H24N2O3/c1-18(20-9-5-3-6-10-20)28-27(30)23-16-24(21-11-7-4-8-12-21)29(19(23)2)22-13-14-25-26(15-22)32-17-31-25/h3-16,18H,17H2,1-2H3,(H,28,30)/t18-/m1/s1. The Morgan fingerprint density at radius 1 is 0.906 bits per heavy atom. The van der Waals surface area contributed by atoms with Crippen LogP contribution in [0.2, 0.25) is 0 Å². The molecule has 5 heteroatoms. The molecule has 0 radical (unpaired) electrons. The molecular formula is C27H24N2O3. The first kappa shape index (κ1) is 19.9. The molecule has 1 aliphatic heterocycles. The van der Waals surface area contributed by atoms with Gasteiger partial charge in [0.05, 0.1) is 17.3 Å². The molecule has 5 rings (SSSR count). The van der Waals surface area contributed by atoms with Crippen LogP contribution < -0.4 is 14.8 Å². The number of carbonyl (C=O) groups excluding carboxylic acids is 1. The predicted molar refractivity (Wildman–Crippen MR) is 124 cm³/mol. The van der Waals surface area contributed by atoms with E-state index in [9.17, 15) is 4.79 Å². The van der Waals surface area contributed by atoms with Crippen molar-refractivity contribution in [1.29, 1.82) is 0 Å². The Morgan fingerprint density at radius 2 is 1.59 bits per heavy atom. The summed E-state index contributed by atoms with van der Waals surface area (Å²) < 4.78 is 13.2. The predicted octanol–water partition coefficient (Wildman–Crippen LogP) is 5.67. The highest BCUT2D eigenvalue weighted by Gasteiger charge is 2.22. The van der Waals surface area contributed by atoms with Gasteiger partial charge < -0.3 is 19.4 Å². The van der Waals surface area contributed by atoms with Crippen LogP contribution >= 0.6 is 0 Å². The Kier molecular flexibility index (Phi) is 5.15. The summed E-state index contributed by atoms with van der Waals surface area (Å²) in [7, 11) is 0. The van der Waals surface area contributed by atoms with E-state index in [-0.39, 0.29) is 18.7 Å². The van der Waals surface area contributed by atoms with Crippen LogP contribution in [0, 0.1) is 6.92 Å². The molecule has 0 fully saturated rings. The van der Waals surface area contributed by atoms with Gasteiger partial charge in [0.1, 0.15) is 0 Å². The fraction of sp³-hybridized carbons (Fsp3) is 0.148. The zero-order valence-electron chi connectivity index (χ0n) is 18.0. The maximum Gasteiger partial charge on any atom is 0.253 e. The van der Waals surface area contributed by atoms with E-state index in [0.717, 1.165) is 34.0 Å². The molecule has 1 atom stereocenters. The first-order valence-electron chi connectivity index (χ1n) is 10.7. The lowest BCUT2D eigenvalue weighted by Crippen LogP contribution is -2.27. The van der Waals surface area contributed by atoms with E-state index in [4.69, 9.17) is 9.47 Å². The van der Waals surface area contributed by atoms with E-state index >= 15 is 0 Å². The number of amides is 1. The van der Waals surface area contributed by atoms with E-state index in [1.54, 1.807) is 0 Å². The van der Waals surface area contributed by atoms with Gasteiger partial charge in [-0.05, 0) is 43.2 Å². The minimum atomic E-state index is -0.101. The third-order valence-electron chi connectivity index (χ3n) is 5.82. The second-order valence-electron chi connectivity index (χ2n) is 7.87. The molecule has 1 amide bonds. The highest BCUT2D eigenvalue weighted by atomic mass is 16.7. The molecule has 2 heterocycles. The summed E-state index contributed by atoms with van der Waals surface area (Å²) in [4.78, 5) is 13.3. The molecule has 1 aliphatic rings. The summed E-state index contributed by atoms with van der Waals surface area (Å²) in [6.45, 7) is 4.19. The quantitative estimate of drug-likeness (QED) is 0.449. The van der Waals surface area contributed by atoms with Crippen LogP contribution in [0.15, 0.2) is 84.9 Å². The van der Waals surface area contributed by atoms with Gasteiger partial charge in [0, 0.05) is 17.4 Å². The number of hydrogen-bond donors (Lipinski definition) is 1. The van der Waals surface area contributed by atoms with Crippen molar-refractivity contribution in [3.63, 3.8) is 0 Å². The fourth-order valence-electron chi connectivity index (χ4n) is 4.11. The van der Waals surface area contributed by atoms with Crippen LogP contribution in [0.1, 0.15) is 34.6 Å². The first-order chi connectivity index (χ1) is 15.6. The lowest BCUT2D eigenvalue weighted by atomic mass is 10.1. The van der Waals surface area contributed by atoms with Crippen LogP contribution in [0.5, 0.6) is 11.5 Å². The Bertz CT molecular complexity index is 1260. The summed E-state index contributed by atoms with van der Waals surface area (Å²) in [5.74, 6) is 1.34. The van der Waals surface area contributed by atoms with E-state index < -0.39 is 0 Å². The Labute approximate surface area is 187 Å². The largest absolute Gasteiger partial charge is 0.454 e. The van der Waals surface area contributed by atoms with Crippen LogP contribution in [0.25, 0.3) is 16.9 Å². The Balaban J connectivity index is 1.56. The molecule has 0 aliphatic carbocycles. The van der Waals surface area contributed by atoms with Crippen molar-refractivity contribution in [3.05, 3.63) is 102 Å². The monoisotopic (exact) mass is 424 g/mol. The summed E-state index contributed by atoms with van der Waals surface area (Å²) in [6, 6.07) is 27.8. The highest BCUT2D eigenvalue weighted by molar-refractivity contribution is 5.97. The SMILES string of the molecule is Cc1c(C(=O)N[C@H](C)c2ccccc2)cc(-c2ccccc2)n1-c1ccc2c(c1)OCO2. The molecule has 32 heavy (non-hydrogen) atoms. The van der Waals surface area contributed by atoms with Crippen molar-refractivity contribution in [3.8, 4) is 28.4 Å². The van der Waals surface area contributed by atoms with Gasteiger partial charge in [0.25, 0.3) is 5.91 Å².